The van der Waals surface area contributed by atoms with E-state index in [0.717, 1.165) is 17.5 Å². The highest BCUT2D eigenvalue weighted by molar-refractivity contribution is 7.12. The summed E-state index contributed by atoms with van der Waals surface area (Å²) in [5.74, 6) is -1.19. The minimum absolute atomic E-state index is 0.235. The standard InChI is InChI=1S/C14H13N3O3S/c1-8-7-9(2)16-14(15-8)17-13(20)12-10(5-6-21-12)3-4-11(18)19/h3-7H,1-2H3,(H,18,19)(H,15,16,17,20). The highest BCUT2D eigenvalue weighted by Gasteiger charge is 2.13. The molecule has 2 heterocycles. The van der Waals surface area contributed by atoms with E-state index in [0.29, 0.717) is 10.4 Å². The van der Waals surface area contributed by atoms with E-state index in [-0.39, 0.29) is 11.9 Å². The quantitative estimate of drug-likeness (QED) is 0.847. The number of rotatable bonds is 4. The molecule has 2 N–H and O–H groups in total. The number of hydrogen-bond acceptors (Lipinski definition) is 5. The lowest BCUT2D eigenvalue weighted by atomic mass is 10.2. The number of thiophene rings is 1. The van der Waals surface area contributed by atoms with Crippen LogP contribution in [0.1, 0.15) is 26.6 Å². The Morgan fingerprint density at radius 3 is 2.57 bits per heavy atom. The molecule has 21 heavy (non-hydrogen) atoms. The molecule has 1 amide bonds. The zero-order valence-corrected chi connectivity index (χ0v) is 12.3. The first kappa shape index (κ1) is 14.9. The summed E-state index contributed by atoms with van der Waals surface area (Å²) in [6, 6.07) is 3.49. The summed E-state index contributed by atoms with van der Waals surface area (Å²) in [5.41, 5.74) is 2.06. The van der Waals surface area contributed by atoms with Crippen molar-refractivity contribution in [2.24, 2.45) is 0 Å². The van der Waals surface area contributed by atoms with Gasteiger partial charge in [-0.1, -0.05) is 0 Å². The maximum absolute atomic E-state index is 12.2. The lowest BCUT2D eigenvalue weighted by Gasteiger charge is -2.05. The first-order chi connectivity index (χ1) is 9.95. The maximum atomic E-state index is 12.2. The van der Waals surface area contributed by atoms with Gasteiger partial charge in [0.2, 0.25) is 5.95 Å². The van der Waals surface area contributed by atoms with Gasteiger partial charge < -0.3 is 5.11 Å². The van der Waals surface area contributed by atoms with Crippen molar-refractivity contribution in [2.75, 3.05) is 5.32 Å². The SMILES string of the molecule is Cc1cc(C)nc(NC(=O)c2sccc2C=CC(=O)O)n1. The number of amides is 1. The fourth-order valence-corrected chi connectivity index (χ4v) is 2.52. The largest absolute Gasteiger partial charge is 0.478 e. The van der Waals surface area contributed by atoms with Gasteiger partial charge in [0.05, 0.1) is 4.88 Å². The van der Waals surface area contributed by atoms with Crippen LogP contribution in [0, 0.1) is 13.8 Å². The molecule has 0 aliphatic rings. The minimum Gasteiger partial charge on any atom is -0.478 e. The molecule has 2 rings (SSSR count). The van der Waals surface area contributed by atoms with Crippen molar-refractivity contribution in [3.63, 3.8) is 0 Å². The van der Waals surface area contributed by atoms with Crippen LogP contribution < -0.4 is 5.32 Å². The molecular formula is C14H13N3O3S. The number of carbonyl (C=O) groups excluding carboxylic acids is 1. The zero-order valence-electron chi connectivity index (χ0n) is 11.5. The number of carboxylic acids is 1. The third kappa shape index (κ3) is 3.96. The van der Waals surface area contributed by atoms with E-state index < -0.39 is 5.97 Å². The zero-order chi connectivity index (χ0) is 15.4. The summed E-state index contributed by atoms with van der Waals surface area (Å²) in [6.45, 7) is 3.63. The van der Waals surface area contributed by atoms with Gasteiger partial charge in [-0.25, -0.2) is 14.8 Å². The van der Waals surface area contributed by atoms with E-state index in [4.69, 9.17) is 5.11 Å². The van der Waals surface area contributed by atoms with E-state index >= 15 is 0 Å². The van der Waals surface area contributed by atoms with Crippen LogP contribution in [0.3, 0.4) is 0 Å². The third-order valence-electron chi connectivity index (χ3n) is 2.51. The normalized spacial score (nSPS) is 10.8. The summed E-state index contributed by atoms with van der Waals surface area (Å²) in [4.78, 5) is 31.4. The van der Waals surface area contributed by atoms with Crippen molar-refractivity contribution in [3.05, 3.63) is 45.4 Å². The molecule has 0 aliphatic carbocycles. The van der Waals surface area contributed by atoms with Crippen molar-refractivity contribution >= 4 is 35.2 Å². The maximum Gasteiger partial charge on any atom is 0.328 e. The van der Waals surface area contributed by atoms with Crippen LogP contribution in [0.4, 0.5) is 5.95 Å². The van der Waals surface area contributed by atoms with E-state index in [1.54, 1.807) is 11.4 Å². The highest BCUT2D eigenvalue weighted by Crippen LogP contribution is 2.19. The second-order valence-electron chi connectivity index (χ2n) is 4.31. The Bertz CT molecular complexity index is 702. The Morgan fingerprint density at radius 1 is 1.29 bits per heavy atom. The summed E-state index contributed by atoms with van der Waals surface area (Å²) in [5, 5.41) is 13.0. The molecule has 6 nitrogen and oxygen atoms in total. The topological polar surface area (TPSA) is 92.2 Å². The van der Waals surface area contributed by atoms with Crippen LogP contribution in [-0.4, -0.2) is 27.0 Å². The van der Waals surface area contributed by atoms with Crippen molar-refractivity contribution in [1.29, 1.82) is 0 Å². The molecule has 2 aromatic rings. The highest BCUT2D eigenvalue weighted by atomic mass is 32.1. The van der Waals surface area contributed by atoms with Crippen LogP contribution in [0.2, 0.25) is 0 Å². The molecule has 0 radical (unpaired) electrons. The van der Waals surface area contributed by atoms with Gasteiger partial charge >= 0.3 is 5.97 Å². The van der Waals surface area contributed by atoms with Gasteiger partial charge in [-0.15, -0.1) is 11.3 Å². The summed E-state index contributed by atoms with van der Waals surface area (Å²) < 4.78 is 0. The van der Waals surface area contributed by atoms with Gasteiger partial charge in [-0.05, 0) is 43.0 Å². The van der Waals surface area contributed by atoms with Crippen LogP contribution in [0.25, 0.3) is 6.08 Å². The van der Waals surface area contributed by atoms with E-state index in [2.05, 4.69) is 15.3 Å². The van der Waals surface area contributed by atoms with Gasteiger partial charge in [-0.2, -0.15) is 0 Å². The van der Waals surface area contributed by atoms with Crippen molar-refractivity contribution in [2.45, 2.75) is 13.8 Å². The first-order valence-electron chi connectivity index (χ1n) is 6.08. The van der Waals surface area contributed by atoms with Gasteiger partial charge in [0.25, 0.3) is 5.91 Å². The fraction of sp³-hybridized carbons (Fsp3) is 0.143. The number of aromatic nitrogens is 2. The lowest BCUT2D eigenvalue weighted by molar-refractivity contribution is -0.131. The van der Waals surface area contributed by atoms with Gasteiger partial charge in [0.1, 0.15) is 0 Å². The van der Waals surface area contributed by atoms with Gasteiger partial charge in [0.15, 0.2) is 0 Å². The number of aryl methyl sites for hydroxylation is 2. The second kappa shape index (κ2) is 6.27. The average Bonchev–Trinajstić information content (AvgIpc) is 2.83. The number of anilines is 1. The molecule has 0 aromatic carbocycles. The lowest BCUT2D eigenvalue weighted by Crippen LogP contribution is -2.14. The predicted octanol–water partition coefficient (Wildman–Crippen LogP) is 2.51. The van der Waals surface area contributed by atoms with Crippen molar-refractivity contribution in [3.8, 4) is 0 Å². The summed E-state index contributed by atoms with van der Waals surface area (Å²) >= 11 is 1.23. The molecular weight excluding hydrogens is 290 g/mol. The Morgan fingerprint density at radius 2 is 1.95 bits per heavy atom. The molecule has 108 valence electrons. The molecule has 0 fully saturated rings. The number of carbonyl (C=O) groups is 2. The molecule has 0 atom stereocenters. The number of hydrogen-bond donors (Lipinski definition) is 2. The van der Waals surface area contributed by atoms with Gasteiger partial charge in [0, 0.05) is 17.5 Å². The molecule has 0 saturated heterocycles. The molecule has 0 bridgehead atoms. The van der Waals surface area contributed by atoms with E-state index in [1.165, 1.54) is 17.4 Å². The van der Waals surface area contributed by atoms with E-state index in [1.807, 2.05) is 19.9 Å². The van der Waals surface area contributed by atoms with Crippen LogP contribution >= 0.6 is 11.3 Å². The van der Waals surface area contributed by atoms with Crippen molar-refractivity contribution < 1.29 is 14.7 Å². The summed E-state index contributed by atoms with van der Waals surface area (Å²) in [7, 11) is 0. The Balaban J connectivity index is 2.21. The molecule has 0 aliphatic heterocycles. The molecule has 0 unspecified atom stereocenters. The third-order valence-corrected chi connectivity index (χ3v) is 3.44. The van der Waals surface area contributed by atoms with Crippen molar-refractivity contribution in [1.82, 2.24) is 9.97 Å². The average molecular weight is 303 g/mol. The Hall–Kier alpha value is -2.54. The molecule has 0 spiro atoms. The van der Waals surface area contributed by atoms with E-state index in [9.17, 15) is 9.59 Å². The minimum atomic E-state index is -1.06. The molecule has 0 saturated carbocycles. The van der Waals surface area contributed by atoms with Gasteiger partial charge in [-0.3, -0.25) is 10.1 Å². The second-order valence-corrected chi connectivity index (χ2v) is 5.22. The number of aliphatic carboxylic acids is 1. The smallest absolute Gasteiger partial charge is 0.328 e. The monoisotopic (exact) mass is 303 g/mol. The van der Waals surface area contributed by atoms with Crippen LogP contribution in [0.5, 0.6) is 0 Å². The molecule has 2 aromatic heterocycles. The predicted molar refractivity (Wildman–Crippen MR) is 80.4 cm³/mol. The Kier molecular flexibility index (Phi) is 4.44. The van der Waals surface area contributed by atoms with Crippen LogP contribution in [-0.2, 0) is 4.79 Å². The first-order valence-corrected chi connectivity index (χ1v) is 6.96. The fourth-order valence-electron chi connectivity index (χ4n) is 1.74. The summed E-state index contributed by atoms with van der Waals surface area (Å²) in [6.07, 6.45) is 2.38. The number of nitrogens with one attached hydrogen (secondary N) is 1. The number of carboxylic acid groups (broad SMARTS) is 1. The molecule has 7 heteroatoms. The number of nitrogens with zero attached hydrogens (tertiary/aromatic N) is 2. The Labute approximate surface area is 125 Å². The van der Waals surface area contributed by atoms with Crippen LogP contribution in [0.15, 0.2) is 23.6 Å².